The van der Waals surface area contributed by atoms with Crippen LogP contribution in [0, 0.1) is 19.3 Å². The van der Waals surface area contributed by atoms with E-state index in [9.17, 15) is 0 Å². The molecule has 4 nitrogen and oxygen atoms in total. The van der Waals surface area contributed by atoms with Crippen LogP contribution < -0.4 is 0 Å². The molecule has 1 aromatic carbocycles. The number of fused-ring (bicyclic) bond motifs is 1. The number of hydrogen-bond donors (Lipinski definition) is 0. The third-order valence-electron chi connectivity index (χ3n) is 6.39. The van der Waals surface area contributed by atoms with Gasteiger partial charge in [-0.1, -0.05) is 32.9 Å². The molecule has 2 heterocycles. The van der Waals surface area contributed by atoms with Crippen molar-refractivity contribution in [3.8, 4) is 22.8 Å². The first kappa shape index (κ1) is 19.8. The van der Waals surface area contributed by atoms with Gasteiger partial charge in [0.15, 0.2) is 0 Å². The quantitative estimate of drug-likeness (QED) is 0.544. The summed E-state index contributed by atoms with van der Waals surface area (Å²) in [7, 11) is 0. The molecule has 0 saturated carbocycles. The van der Waals surface area contributed by atoms with E-state index in [2.05, 4.69) is 58.8 Å². The van der Waals surface area contributed by atoms with Crippen LogP contribution >= 0.6 is 0 Å². The SMILES string of the molecule is CCc1ncc(-c2nc(-c3cc(C)c(CC)c(C)c3)no2)c2c1CC(C)(C)CC2. The van der Waals surface area contributed by atoms with Gasteiger partial charge in [-0.05, 0) is 91.3 Å². The van der Waals surface area contributed by atoms with Crippen LogP contribution in [-0.2, 0) is 25.7 Å². The van der Waals surface area contributed by atoms with Gasteiger partial charge in [0.1, 0.15) is 0 Å². The van der Waals surface area contributed by atoms with E-state index in [4.69, 9.17) is 14.5 Å². The lowest BCUT2D eigenvalue weighted by Crippen LogP contribution is -2.24. The normalized spacial score (nSPS) is 15.4. The Bertz CT molecular complexity index is 1040. The van der Waals surface area contributed by atoms with Crippen molar-refractivity contribution in [3.05, 3.63) is 51.8 Å². The Morgan fingerprint density at radius 1 is 1.03 bits per heavy atom. The molecule has 0 bridgehead atoms. The van der Waals surface area contributed by atoms with E-state index < -0.39 is 0 Å². The fourth-order valence-electron chi connectivity index (χ4n) is 4.78. The van der Waals surface area contributed by atoms with Crippen LogP contribution in [0.5, 0.6) is 0 Å². The second-order valence-corrected chi connectivity index (χ2v) is 9.14. The molecule has 0 fully saturated rings. The largest absolute Gasteiger partial charge is 0.334 e. The highest BCUT2D eigenvalue weighted by atomic mass is 16.5. The Balaban J connectivity index is 1.76. The molecule has 1 aliphatic carbocycles. The van der Waals surface area contributed by atoms with E-state index in [0.29, 0.717) is 17.1 Å². The smallest absolute Gasteiger partial charge is 0.260 e. The minimum Gasteiger partial charge on any atom is -0.334 e. The summed E-state index contributed by atoms with van der Waals surface area (Å²) in [6, 6.07) is 4.33. The summed E-state index contributed by atoms with van der Waals surface area (Å²) in [5.41, 5.74) is 10.2. The van der Waals surface area contributed by atoms with Gasteiger partial charge in [-0.25, -0.2) is 0 Å². The molecule has 0 spiro atoms. The van der Waals surface area contributed by atoms with Crippen molar-refractivity contribution in [3.63, 3.8) is 0 Å². The van der Waals surface area contributed by atoms with Gasteiger partial charge in [0, 0.05) is 17.5 Å². The zero-order valence-electron chi connectivity index (χ0n) is 18.5. The lowest BCUT2D eigenvalue weighted by Gasteiger charge is -2.33. The molecule has 0 aliphatic heterocycles. The number of hydrogen-bond acceptors (Lipinski definition) is 4. The Hall–Kier alpha value is -2.49. The van der Waals surface area contributed by atoms with Crippen LogP contribution in [-0.4, -0.2) is 15.1 Å². The van der Waals surface area contributed by atoms with Crippen molar-refractivity contribution in [2.24, 2.45) is 5.41 Å². The van der Waals surface area contributed by atoms with Crippen molar-refractivity contribution in [1.29, 1.82) is 0 Å². The summed E-state index contributed by atoms with van der Waals surface area (Å²) in [5, 5.41) is 4.31. The Kier molecular flexibility index (Phi) is 5.05. The highest BCUT2D eigenvalue weighted by Crippen LogP contribution is 2.40. The zero-order chi connectivity index (χ0) is 20.8. The minimum atomic E-state index is 0.313. The molecule has 0 radical (unpaired) electrons. The number of rotatable bonds is 4. The van der Waals surface area contributed by atoms with Crippen LogP contribution in [0.3, 0.4) is 0 Å². The predicted octanol–water partition coefficient (Wildman–Crippen LogP) is 6.06. The molecule has 4 rings (SSSR count). The molecule has 1 aliphatic rings. The van der Waals surface area contributed by atoms with E-state index >= 15 is 0 Å². The Morgan fingerprint density at radius 3 is 2.41 bits per heavy atom. The molecule has 3 aromatic rings. The topological polar surface area (TPSA) is 51.8 Å². The Morgan fingerprint density at radius 2 is 1.76 bits per heavy atom. The molecule has 29 heavy (non-hydrogen) atoms. The average Bonchev–Trinajstić information content (AvgIpc) is 3.16. The maximum absolute atomic E-state index is 5.73. The van der Waals surface area contributed by atoms with Gasteiger partial charge >= 0.3 is 0 Å². The molecule has 4 heteroatoms. The van der Waals surface area contributed by atoms with Gasteiger partial charge in [0.25, 0.3) is 5.89 Å². The van der Waals surface area contributed by atoms with Gasteiger partial charge in [0.05, 0.1) is 5.56 Å². The van der Waals surface area contributed by atoms with Crippen LogP contribution in [0.25, 0.3) is 22.8 Å². The first-order valence-corrected chi connectivity index (χ1v) is 10.8. The minimum absolute atomic E-state index is 0.313. The fraction of sp³-hybridized carbons (Fsp3) is 0.480. The van der Waals surface area contributed by atoms with E-state index in [0.717, 1.165) is 43.2 Å². The number of aromatic nitrogens is 3. The molecule has 0 saturated heterocycles. The van der Waals surface area contributed by atoms with Gasteiger partial charge in [-0.2, -0.15) is 4.98 Å². The molecular formula is C25H31N3O. The maximum atomic E-state index is 5.73. The third kappa shape index (κ3) is 3.61. The highest BCUT2D eigenvalue weighted by Gasteiger charge is 2.30. The van der Waals surface area contributed by atoms with Gasteiger partial charge in [-0.3, -0.25) is 4.98 Å². The molecular weight excluding hydrogens is 358 g/mol. The molecule has 0 amide bonds. The molecule has 2 aromatic heterocycles. The van der Waals surface area contributed by atoms with Crippen LogP contribution in [0.2, 0.25) is 0 Å². The lowest BCUT2D eigenvalue weighted by atomic mass is 9.73. The van der Waals surface area contributed by atoms with Crippen molar-refractivity contribution in [2.75, 3.05) is 0 Å². The third-order valence-corrected chi connectivity index (χ3v) is 6.39. The van der Waals surface area contributed by atoms with Crippen molar-refractivity contribution in [2.45, 2.75) is 73.6 Å². The molecule has 0 atom stereocenters. The number of pyridine rings is 1. The van der Waals surface area contributed by atoms with Crippen LogP contribution in [0.4, 0.5) is 0 Å². The van der Waals surface area contributed by atoms with E-state index in [-0.39, 0.29) is 0 Å². The van der Waals surface area contributed by atoms with Crippen LogP contribution in [0.15, 0.2) is 22.9 Å². The first-order chi connectivity index (χ1) is 13.8. The first-order valence-electron chi connectivity index (χ1n) is 10.8. The number of nitrogens with zero attached hydrogens (tertiary/aromatic N) is 3. The number of aryl methyl sites for hydroxylation is 3. The average molecular weight is 390 g/mol. The van der Waals surface area contributed by atoms with E-state index in [1.54, 1.807) is 0 Å². The summed E-state index contributed by atoms with van der Waals surface area (Å²) >= 11 is 0. The summed E-state index contributed by atoms with van der Waals surface area (Å²) in [5.74, 6) is 1.24. The molecule has 152 valence electrons. The second kappa shape index (κ2) is 7.40. The zero-order valence-corrected chi connectivity index (χ0v) is 18.5. The summed E-state index contributed by atoms with van der Waals surface area (Å²) in [4.78, 5) is 9.53. The monoisotopic (exact) mass is 389 g/mol. The second-order valence-electron chi connectivity index (χ2n) is 9.14. The summed E-state index contributed by atoms with van der Waals surface area (Å²) in [6.45, 7) is 13.4. The van der Waals surface area contributed by atoms with Gasteiger partial charge in [0.2, 0.25) is 5.82 Å². The van der Waals surface area contributed by atoms with Gasteiger partial charge < -0.3 is 4.52 Å². The van der Waals surface area contributed by atoms with Crippen molar-refractivity contribution < 1.29 is 4.52 Å². The summed E-state index contributed by atoms with van der Waals surface area (Å²) in [6.07, 6.45) is 7.18. The fourth-order valence-corrected chi connectivity index (χ4v) is 4.78. The highest BCUT2D eigenvalue weighted by molar-refractivity contribution is 5.65. The predicted molar refractivity (Wildman–Crippen MR) is 117 cm³/mol. The van der Waals surface area contributed by atoms with Gasteiger partial charge in [-0.15, -0.1) is 0 Å². The van der Waals surface area contributed by atoms with Crippen molar-refractivity contribution >= 4 is 0 Å². The van der Waals surface area contributed by atoms with Crippen LogP contribution in [0.1, 0.15) is 67.6 Å². The standard InChI is InChI=1S/C25H31N3O/c1-7-18-15(3)11-17(12-16(18)4)23-27-24(29-28-23)21-14-26-22(8-2)20-13-25(5,6)10-9-19(20)21/h11-12,14H,7-10,13H2,1-6H3. The number of benzene rings is 1. The molecule has 0 unspecified atom stereocenters. The van der Waals surface area contributed by atoms with Crippen molar-refractivity contribution in [1.82, 2.24) is 15.1 Å². The van der Waals surface area contributed by atoms with E-state index in [1.165, 1.54) is 33.5 Å². The maximum Gasteiger partial charge on any atom is 0.260 e. The molecule has 0 N–H and O–H groups in total. The lowest BCUT2D eigenvalue weighted by molar-refractivity contribution is 0.313. The van der Waals surface area contributed by atoms with E-state index in [1.807, 2.05) is 6.20 Å². The Labute approximate surface area is 173 Å². The summed E-state index contributed by atoms with van der Waals surface area (Å²) < 4.78 is 5.73.